The van der Waals surface area contributed by atoms with Gasteiger partial charge in [0.05, 0.1) is 5.56 Å². The third kappa shape index (κ3) is 7.13. The van der Waals surface area contributed by atoms with Crippen molar-refractivity contribution in [3.8, 4) is 5.75 Å². The lowest BCUT2D eigenvalue weighted by Crippen LogP contribution is -2.58. The molecule has 1 fully saturated rings. The van der Waals surface area contributed by atoms with Crippen LogP contribution >= 0.6 is 11.6 Å². The highest BCUT2D eigenvalue weighted by Crippen LogP contribution is 2.25. The summed E-state index contributed by atoms with van der Waals surface area (Å²) in [5.74, 6) is -1.30. The Bertz CT molecular complexity index is 1350. The van der Waals surface area contributed by atoms with Crippen molar-refractivity contribution in [2.24, 2.45) is 5.73 Å². The average molecular weight is 553 g/mol. The van der Waals surface area contributed by atoms with Gasteiger partial charge in [-0.15, -0.1) is 0 Å². The number of hydrogen-bond acceptors (Lipinski definition) is 5. The van der Waals surface area contributed by atoms with E-state index in [0.717, 1.165) is 5.56 Å². The van der Waals surface area contributed by atoms with Crippen molar-refractivity contribution < 1.29 is 23.5 Å². The van der Waals surface area contributed by atoms with E-state index in [1.165, 1.54) is 30.3 Å². The third-order valence-corrected chi connectivity index (χ3v) is 6.93. The first kappa shape index (κ1) is 28.1. The number of carbonyl (C=O) groups is 3. The van der Waals surface area contributed by atoms with Crippen molar-refractivity contribution in [3.05, 3.63) is 94.3 Å². The Morgan fingerprint density at radius 2 is 1.69 bits per heavy atom. The van der Waals surface area contributed by atoms with Crippen molar-refractivity contribution in [3.63, 3.8) is 0 Å². The molecule has 0 aromatic heterocycles. The summed E-state index contributed by atoms with van der Waals surface area (Å²) in [4.78, 5) is 41.4. The van der Waals surface area contributed by atoms with Crippen LogP contribution in [-0.2, 0) is 11.3 Å². The molecule has 3 N–H and O–H groups in total. The summed E-state index contributed by atoms with van der Waals surface area (Å²) in [5.41, 5.74) is 7.21. The number of amides is 3. The van der Waals surface area contributed by atoms with E-state index in [-0.39, 0.29) is 41.7 Å². The normalized spacial score (nSPS) is 17.5. The molecule has 0 bridgehead atoms. The topological polar surface area (TPSA) is 105 Å². The number of primary amides is 1. The summed E-state index contributed by atoms with van der Waals surface area (Å²) < 4.78 is 19.1. The lowest BCUT2D eigenvalue weighted by atomic mass is 10.1. The maximum Gasteiger partial charge on any atom is 0.260 e. The quantitative estimate of drug-likeness (QED) is 0.433. The number of ether oxygens (including phenoxy) is 1. The Labute approximate surface area is 231 Å². The number of benzene rings is 3. The molecule has 1 aliphatic rings. The first-order valence-corrected chi connectivity index (χ1v) is 12.9. The van der Waals surface area contributed by atoms with Crippen LogP contribution in [-0.4, -0.2) is 59.3 Å². The van der Waals surface area contributed by atoms with Crippen LogP contribution in [0.1, 0.15) is 40.1 Å². The first-order valence-electron chi connectivity index (χ1n) is 12.5. The van der Waals surface area contributed by atoms with E-state index in [9.17, 15) is 18.8 Å². The molecule has 8 nitrogen and oxygen atoms in total. The third-order valence-electron chi connectivity index (χ3n) is 6.70. The molecule has 0 saturated carbocycles. The van der Waals surface area contributed by atoms with Crippen LogP contribution in [0.3, 0.4) is 0 Å². The van der Waals surface area contributed by atoms with Gasteiger partial charge in [0.15, 0.2) is 6.61 Å². The first-order chi connectivity index (χ1) is 18.6. The minimum atomic E-state index is -0.568. The number of anilines is 1. The van der Waals surface area contributed by atoms with Gasteiger partial charge in [-0.2, -0.15) is 0 Å². The molecule has 0 spiro atoms. The van der Waals surface area contributed by atoms with Crippen LogP contribution in [0, 0.1) is 5.82 Å². The molecule has 204 valence electrons. The molecular weight excluding hydrogens is 523 g/mol. The second-order valence-corrected chi connectivity index (χ2v) is 10.1. The van der Waals surface area contributed by atoms with Crippen molar-refractivity contribution >= 4 is 35.0 Å². The molecule has 3 aromatic rings. The monoisotopic (exact) mass is 552 g/mol. The Hall–Kier alpha value is -3.95. The van der Waals surface area contributed by atoms with Gasteiger partial charge in [-0.25, -0.2) is 4.39 Å². The summed E-state index contributed by atoms with van der Waals surface area (Å²) >= 11 is 6.13. The average Bonchev–Trinajstić information content (AvgIpc) is 2.91. The molecule has 0 aliphatic carbocycles. The van der Waals surface area contributed by atoms with Crippen molar-refractivity contribution in [2.45, 2.75) is 32.5 Å². The summed E-state index contributed by atoms with van der Waals surface area (Å²) in [5, 5.41) is 3.07. The summed E-state index contributed by atoms with van der Waals surface area (Å²) in [6.07, 6.45) is 0. The predicted molar refractivity (Wildman–Crippen MR) is 147 cm³/mol. The van der Waals surface area contributed by atoms with E-state index in [4.69, 9.17) is 22.1 Å². The molecule has 0 unspecified atom stereocenters. The van der Waals surface area contributed by atoms with Gasteiger partial charge in [0.2, 0.25) is 5.91 Å². The second-order valence-electron chi connectivity index (χ2n) is 9.62. The van der Waals surface area contributed by atoms with Crippen LogP contribution in [0.25, 0.3) is 0 Å². The zero-order chi connectivity index (χ0) is 28.1. The number of carbonyl (C=O) groups excluding carboxylic acids is 3. The highest BCUT2D eigenvalue weighted by molar-refractivity contribution is 6.31. The largest absolute Gasteiger partial charge is 0.483 e. The van der Waals surface area contributed by atoms with Gasteiger partial charge in [0.25, 0.3) is 11.8 Å². The predicted octanol–water partition coefficient (Wildman–Crippen LogP) is 4.33. The fourth-order valence-electron chi connectivity index (χ4n) is 4.53. The molecule has 1 saturated heterocycles. The van der Waals surface area contributed by atoms with Crippen LogP contribution < -0.4 is 15.8 Å². The van der Waals surface area contributed by atoms with Crippen LogP contribution in [0.4, 0.5) is 10.1 Å². The molecule has 1 heterocycles. The van der Waals surface area contributed by atoms with E-state index in [2.05, 4.69) is 10.2 Å². The number of piperazine rings is 1. The Balaban J connectivity index is 1.38. The van der Waals surface area contributed by atoms with Gasteiger partial charge in [-0.1, -0.05) is 23.7 Å². The van der Waals surface area contributed by atoms with Gasteiger partial charge in [-0.3, -0.25) is 19.3 Å². The summed E-state index contributed by atoms with van der Waals surface area (Å²) in [6.45, 7) is 5.62. The number of nitrogens with zero attached hydrogens (tertiary/aromatic N) is 2. The van der Waals surface area contributed by atoms with Gasteiger partial charge in [0.1, 0.15) is 11.6 Å². The van der Waals surface area contributed by atoms with Gasteiger partial charge in [-0.05, 0) is 74.0 Å². The van der Waals surface area contributed by atoms with E-state index >= 15 is 0 Å². The molecule has 0 radical (unpaired) electrons. The molecule has 1 aliphatic heterocycles. The van der Waals surface area contributed by atoms with E-state index < -0.39 is 11.8 Å². The summed E-state index contributed by atoms with van der Waals surface area (Å²) in [7, 11) is 0. The van der Waals surface area contributed by atoms with Crippen LogP contribution in [0.2, 0.25) is 5.02 Å². The Morgan fingerprint density at radius 1 is 1.00 bits per heavy atom. The molecular formula is C29H30ClFN4O4. The van der Waals surface area contributed by atoms with Crippen LogP contribution in [0.5, 0.6) is 5.75 Å². The zero-order valence-corrected chi connectivity index (χ0v) is 22.5. The second kappa shape index (κ2) is 12.3. The number of nitrogens with one attached hydrogen (secondary N) is 1. The molecule has 39 heavy (non-hydrogen) atoms. The minimum Gasteiger partial charge on any atom is -0.483 e. The number of rotatable bonds is 8. The van der Waals surface area contributed by atoms with Gasteiger partial charge >= 0.3 is 0 Å². The van der Waals surface area contributed by atoms with E-state index in [1.54, 1.807) is 41.3 Å². The molecule has 3 aromatic carbocycles. The SMILES string of the molecule is C[C@@H]1CN(Cc2ccc(F)cc2)[C@@H](C)CN1C(=O)COc1ccc(Cl)cc1C(=O)Nc1ccc(C(N)=O)cc1. The van der Waals surface area contributed by atoms with Crippen molar-refractivity contribution in [1.29, 1.82) is 0 Å². The molecule has 4 rings (SSSR count). The van der Waals surface area contributed by atoms with E-state index in [1.807, 2.05) is 13.8 Å². The number of hydrogen-bond donors (Lipinski definition) is 2. The smallest absolute Gasteiger partial charge is 0.260 e. The zero-order valence-electron chi connectivity index (χ0n) is 21.7. The van der Waals surface area contributed by atoms with Crippen molar-refractivity contribution in [2.75, 3.05) is 25.0 Å². The van der Waals surface area contributed by atoms with Crippen molar-refractivity contribution in [1.82, 2.24) is 9.80 Å². The highest BCUT2D eigenvalue weighted by Gasteiger charge is 2.32. The molecule has 10 heteroatoms. The molecule has 2 atom stereocenters. The Kier molecular flexibility index (Phi) is 8.83. The fourth-order valence-corrected chi connectivity index (χ4v) is 4.71. The fraction of sp³-hybridized carbons (Fsp3) is 0.276. The highest BCUT2D eigenvalue weighted by atomic mass is 35.5. The van der Waals surface area contributed by atoms with E-state index in [0.29, 0.717) is 35.9 Å². The number of nitrogens with two attached hydrogens (primary N) is 1. The van der Waals surface area contributed by atoms with Crippen LogP contribution in [0.15, 0.2) is 66.7 Å². The maximum absolute atomic E-state index is 13.3. The summed E-state index contributed by atoms with van der Waals surface area (Å²) in [6, 6.07) is 17.2. The Morgan fingerprint density at radius 3 is 2.36 bits per heavy atom. The molecule has 3 amide bonds. The minimum absolute atomic E-state index is 0.0610. The lowest BCUT2D eigenvalue weighted by molar-refractivity contribution is -0.139. The van der Waals surface area contributed by atoms with Gasteiger partial charge < -0.3 is 20.7 Å². The standard InChI is InChI=1S/C29H30ClFN4O4/c1-18-15-35(19(2)14-34(18)16-20-3-8-23(31)9-4-20)27(36)17-39-26-12-7-22(30)13-25(26)29(38)33-24-10-5-21(6-11-24)28(32)37/h3-13,18-19H,14-17H2,1-2H3,(H2,32,37)(H,33,38)/t18-,19+/m0/s1. The lowest BCUT2D eigenvalue weighted by Gasteiger charge is -2.44. The van der Waals surface area contributed by atoms with Gasteiger partial charge in [0, 0.05) is 48.0 Å². The maximum atomic E-state index is 13.3. The number of halogens is 2.